The Morgan fingerprint density at radius 2 is 2.12 bits per heavy atom. The highest BCUT2D eigenvalue weighted by Gasteiger charge is 2.16. The van der Waals surface area contributed by atoms with Gasteiger partial charge in [0.25, 0.3) is 0 Å². The number of nitrogens with two attached hydrogens (primary N) is 2. The predicted molar refractivity (Wildman–Crippen MR) is 71.4 cm³/mol. The van der Waals surface area contributed by atoms with Crippen LogP contribution in [0.15, 0.2) is 28.2 Å². The fraction of sp³-hybridized carbons (Fsp3) is 0.182. The maximum Gasteiger partial charge on any atom is 0.128 e. The van der Waals surface area contributed by atoms with E-state index in [1.165, 1.54) is 0 Å². The third-order valence-electron chi connectivity index (χ3n) is 2.45. The minimum Gasteiger partial charge on any atom is -0.383 e. The molecule has 2 rings (SSSR count). The second kappa shape index (κ2) is 4.53. The number of hydrogen-bond donors (Lipinski definition) is 2. The molecule has 0 aliphatic carbocycles. The van der Waals surface area contributed by atoms with E-state index >= 15 is 0 Å². The van der Waals surface area contributed by atoms with Crippen LogP contribution in [0.5, 0.6) is 0 Å². The van der Waals surface area contributed by atoms with E-state index in [1.807, 2.05) is 25.1 Å². The standard InChI is InChI=1S/C11H12BrN3S/c1-6-4-5-15-11(14)9(6)10(13)7-2-3-8(12)16-7/h2-5,10H,13H2,1H3,(H2,14,15). The summed E-state index contributed by atoms with van der Waals surface area (Å²) in [6.07, 6.45) is 1.70. The molecular formula is C11H12BrN3S. The lowest BCUT2D eigenvalue weighted by atomic mass is 10.0. The minimum absolute atomic E-state index is 0.204. The van der Waals surface area contributed by atoms with Gasteiger partial charge in [-0.25, -0.2) is 4.98 Å². The second-order valence-corrected chi connectivity index (χ2v) is 6.04. The summed E-state index contributed by atoms with van der Waals surface area (Å²) in [5.74, 6) is 0.511. The smallest absolute Gasteiger partial charge is 0.128 e. The lowest BCUT2D eigenvalue weighted by molar-refractivity contribution is 0.877. The molecule has 1 unspecified atom stereocenters. The van der Waals surface area contributed by atoms with E-state index < -0.39 is 0 Å². The highest BCUT2D eigenvalue weighted by atomic mass is 79.9. The van der Waals surface area contributed by atoms with Crippen LogP contribution in [0.25, 0.3) is 0 Å². The van der Waals surface area contributed by atoms with Gasteiger partial charge in [-0.15, -0.1) is 11.3 Å². The molecule has 0 bridgehead atoms. The molecule has 4 N–H and O–H groups in total. The van der Waals surface area contributed by atoms with Gasteiger partial charge >= 0.3 is 0 Å². The third-order valence-corrected chi connectivity index (χ3v) is 4.16. The molecule has 2 heterocycles. The van der Waals surface area contributed by atoms with Crippen LogP contribution in [0.3, 0.4) is 0 Å². The van der Waals surface area contributed by atoms with Gasteiger partial charge in [-0.2, -0.15) is 0 Å². The van der Waals surface area contributed by atoms with Crippen LogP contribution in [-0.4, -0.2) is 4.98 Å². The number of rotatable bonds is 2. The average Bonchev–Trinajstić information content (AvgIpc) is 2.64. The largest absolute Gasteiger partial charge is 0.383 e. The van der Waals surface area contributed by atoms with Crippen molar-refractivity contribution in [2.75, 3.05) is 5.73 Å². The summed E-state index contributed by atoms with van der Waals surface area (Å²) in [5.41, 5.74) is 14.1. The van der Waals surface area contributed by atoms with Crippen LogP contribution >= 0.6 is 27.3 Å². The first kappa shape index (κ1) is 11.6. The zero-order valence-corrected chi connectivity index (χ0v) is 11.2. The van der Waals surface area contributed by atoms with Crippen LogP contribution in [0, 0.1) is 6.92 Å². The molecule has 0 fully saturated rings. The number of nitrogens with zero attached hydrogens (tertiary/aromatic N) is 1. The molecule has 0 aromatic carbocycles. The van der Waals surface area contributed by atoms with Crippen LogP contribution in [0.4, 0.5) is 5.82 Å². The lowest BCUT2D eigenvalue weighted by Crippen LogP contribution is -2.15. The molecule has 0 aliphatic heterocycles. The molecule has 5 heteroatoms. The SMILES string of the molecule is Cc1ccnc(N)c1C(N)c1ccc(Br)s1. The number of thiophene rings is 1. The second-order valence-electron chi connectivity index (χ2n) is 3.55. The molecule has 84 valence electrons. The first-order valence-electron chi connectivity index (χ1n) is 4.81. The van der Waals surface area contributed by atoms with Crippen molar-refractivity contribution in [1.29, 1.82) is 0 Å². The molecule has 0 saturated heterocycles. The summed E-state index contributed by atoms with van der Waals surface area (Å²) in [5, 5.41) is 0. The van der Waals surface area contributed by atoms with E-state index in [-0.39, 0.29) is 6.04 Å². The Balaban J connectivity index is 2.45. The zero-order valence-electron chi connectivity index (χ0n) is 8.77. The molecule has 0 spiro atoms. The zero-order chi connectivity index (χ0) is 11.7. The molecule has 2 aromatic heterocycles. The number of aryl methyl sites for hydroxylation is 1. The minimum atomic E-state index is -0.204. The highest BCUT2D eigenvalue weighted by Crippen LogP contribution is 2.32. The van der Waals surface area contributed by atoms with Gasteiger partial charge in [0, 0.05) is 16.6 Å². The van der Waals surface area contributed by atoms with Crippen molar-refractivity contribution < 1.29 is 0 Å². The van der Waals surface area contributed by atoms with Crippen molar-refractivity contribution in [3.63, 3.8) is 0 Å². The quantitative estimate of drug-likeness (QED) is 0.896. The van der Waals surface area contributed by atoms with Crippen LogP contribution in [0.2, 0.25) is 0 Å². The van der Waals surface area contributed by atoms with Crippen molar-refractivity contribution in [3.8, 4) is 0 Å². The van der Waals surface area contributed by atoms with Crippen molar-refractivity contribution in [2.24, 2.45) is 5.73 Å². The Kier molecular flexibility index (Phi) is 3.28. The third kappa shape index (κ3) is 2.11. The monoisotopic (exact) mass is 297 g/mol. The molecule has 1 atom stereocenters. The van der Waals surface area contributed by atoms with Crippen molar-refractivity contribution in [3.05, 3.63) is 44.2 Å². The molecule has 0 amide bonds. The Morgan fingerprint density at radius 3 is 2.69 bits per heavy atom. The van der Waals surface area contributed by atoms with Gasteiger partial charge in [0.15, 0.2) is 0 Å². The number of aromatic nitrogens is 1. The lowest BCUT2D eigenvalue weighted by Gasteiger charge is -2.14. The summed E-state index contributed by atoms with van der Waals surface area (Å²) in [6.45, 7) is 2.00. The van der Waals surface area contributed by atoms with Crippen LogP contribution < -0.4 is 11.5 Å². The summed E-state index contributed by atoms with van der Waals surface area (Å²) in [6, 6.07) is 5.71. The Hall–Kier alpha value is -0.910. The molecular weight excluding hydrogens is 286 g/mol. The van der Waals surface area contributed by atoms with Gasteiger partial charge in [-0.05, 0) is 46.6 Å². The van der Waals surface area contributed by atoms with Gasteiger partial charge in [-0.3, -0.25) is 0 Å². The first-order chi connectivity index (χ1) is 7.59. The van der Waals surface area contributed by atoms with Gasteiger partial charge in [0.1, 0.15) is 5.82 Å². The predicted octanol–water partition coefficient (Wildman–Crippen LogP) is 2.84. The first-order valence-corrected chi connectivity index (χ1v) is 6.42. The summed E-state index contributed by atoms with van der Waals surface area (Å²) in [4.78, 5) is 5.16. The normalized spacial score (nSPS) is 12.7. The fourth-order valence-corrected chi connectivity index (χ4v) is 3.07. The number of hydrogen-bond acceptors (Lipinski definition) is 4. The van der Waals surface area contributed by atoms with E-state index in [0.717, 1.165) is 19.8 Å². The fourth-order valence-electron chi connectivity index (χ4n) is 1.63. The van der Waals surface area contributed by atoms with Crippen LogP contribution in [-0.2, 0) is 0 Å². The van der Waals surface area contributed by atoms with Crippen molar-refractivity contribution in [1.82, 2.24) is 4.98 Å². The molecule has 0 saturated carbocycles. The highest BCUT2D eigenvalue weighted by molar-refractivity contribution is 9.11. The van der Waals surface area contributed by atoms with Crippen molar-refractivity contribution >= 4 is 33.1 Å². The average molecular weight is 298 g/mol. The molecule has 2 aromatic rings. The number of pyridine rings is 1. The van der Waals surface area contributed by atoms with E-state index in [0.29, 0.717) is 5.82 Å². The van der Waals surface area contributed by atoms with Gasteiger partial charge in [0.05, 0.1) is 9.83 Å². The molecule has 0 aliphatic rings. The van der Waals surface area contributed by atoms with E-state index in [1.54, 1.807) is 17.5 Å². The van der Waals surface area contributed by atoms with Gasteiger partial charge in [0.2, 0.25) is 0 Å². The molecule has 16 heavy (non-hydrogen) atoms. The summed E-state index contributed by atoms with van der Waals surface area (Å²) >= 11 is 5.04. The Morgan fingerprint density at radius 1 is 1.38 bits per heavy atom. The topological polar surface area (TPSA) is 64.9 Å². The molecule has 3 nitrogen and oxygen atoms in total. The van der Waals surface area contributed by atoms with Gasteiger partial charge < -0.3 is 11.5 Å². The summed E-state index contributed by atoms with van der Waals surface area (Å²) in [7, 11) is 0. The van der Waals surface area contributed by atoms with E-state index in [9.17, 15) is 0 Å². The maximum absolute atomic E-state index is 6.20. The van der Waals surface area contributed by atoms with Gasteiger partial charge in [-0.1, -0.05) is 0 Å². The Labute approximate surface area is 107 Å². The van der Waals surface area contributed by atoms with E-state index in [2.05, 4.69) is 20.9 Å². The summed E-state index contributed by atoms with van der Waals surface area (Å²) < 4.78 is 1.07. The molecule has 0 radical (unpaired) electrons. The number of halogens is 1. The van der Waals surface area contributed by atoms with Crippen LogP contribution in [0.1, 0.15) is 22.0 Å². The van der Waals surface area contributed by atoms with E-state index in [4.69, 9.17) is 11.5 Å². The maximum atomic E-state index is 6.20. The Bertz CT molecular complexity index is 489. The number of nitrogen functional groups attached to an aromatic ring is 1. The number of anilines is 1. The van der Waals surface area contributed by atoms with Crippen molar-refractivity contribution in [2.45, 2.75) is 13.0 Å².